The van der Waals surface area contributed by atoms with Crippen LogP contribution in [0.15, 0.2) is 12.4 Å². The van der Waals surface area contributed by atoms with Gasteiger partial charge in [0.25, 0.3) is 0 Å². The molecule has 4 rings (SSSR count). The molecule has 0 spiro atoms. The number of nitrogens with zero attached hydrogens (tertiary/aromatic N) is 5. The number of rotatable bonds is 20. The van der Waals surface area contributed by atoms with E-state index in [4.69, 9.17) is 35.5 Å². The van der Waals surface area contributed by atoms with Crippen LogP contribution in [-0.2, 0) is 37.2 Å². The third-order valence-corrected chi connectivity index (χ3v) is 8.77. The summed E-state index contributed by atoms with van der Waals surface area (Å²) in [6.45, 7) is 7.78. The zero-order valence-electron chi connectivity index (χ0n) is 30.1. The van der Waals surface area contributed by atoms with Gasteiger partial charge in [0.15, 0.2) is 0 Å². The standard InChI is InChI=1S/C34H53ClN8O8/c1-34(2,3)51-32(45)37-12-14-49-16-18-50-17-15-48-13-11-36-29(44)22-43(33(46)47)25-9-7-24(8-10-25)40-31-38-21-27(35)30(41-31)26-20-39-42(4)28(26)19-23-5-6-23/h20-21,23-25H,5-19,22H2,1-4H3,(H,36,44)(H,37,45)(H,46,47)(H,38,40,41)/t24-,25-. The molecule has 0 bridgehead atoms. The Morgan fingerprint density at radius 3 is 2.18 bits per heavy atom. The van der Waals surface area contributed by atoms with Crippen LogP contribution in [0, 0.1) is 5.92 Å². The van der Waals surface area contributed by atoms with Gasteiger partial charge in [-0.3, -0.25) is 14.4 Å². The van der Waals surface area contributed by atoms with E-state index in [9.17, 15) is 19.5 Å². The molecule has 2 aromatic rings. The van der Waals surface area contributed by atoms with Crippen LogP contribution in [0.4, 0.5) is 15.5 Å². The summed E-state index contributed by atoms with van der Waals surface area (Å²) in [7, 11) is 1.94. The zero-order chi connectivity index (χ0) is 36.8. The second-order valence-corrected chi connectivity index (χ2v) is 14.2. The normalized spacial score (nSPS) is 17.5. The second-order valence-electron chi connectivity index (χ2n) is 13.8. The van der Waals surface area contributed by atoms with Gasteiger partial charge < -0.3 is 40.0 Å². The van der Waals surface area contributed by atoms with Crippen molar-refractivity contribution in [3.05, 3.63) is 23.1 Å². The van der Waals surface area contributed by atoms with Crippen LogP contribution in [0.5, 0.6) is 0 Å². The number of aromatic nitrogens is 4. The van der Waals surface area contributed by atoms with Crippen molar-refractivity contribution in [1.82, 2.24) is 35.3 Å². The first-order chi connectivity index (χ1) is 24.4. The maximum absolute atomic E-state index is 12.6. The number of anilines is 1. The number of aryl methyl sites for hydroxylation is 1. The average molecular weight is 737 g/mol. The maximum Gasteiger partial charge on any atom is 0.408 e. The number of carbonyl (C=O) groups is 3. The molecule has 17 heteroatoms. The fraction of sp³-hybridized carbons (Fsp3) is 0.706. The molecule has 4 N–H and O–H groups in total. The van der Waals surface area contributed by atoms with E-state index in [1.807, 2.05) is 11.7 Å². The smallest absolute Gasteiger partial charge is 0.408 e. The van der Waals surface area contributed by atoms with Crippen molar-refractivity contribution in [1.29, 1.82) is 0 Å². The van der Waals surface area contributed by atoms with Crippen molar-refractivity contribution in [3.63, 3.8) is 0 Å². The van der Waals surface area contributed by atoms with E-state index in [-0.39, 0.29) is 37.7 Å². The highest BCUT2D eigenvalue weighted by Crippen LogP contribution is 2.37. The lowest BCUT2D eigenvalue weighted by molar-refractivity contribution is -0.122. The predicted molar refractivity (Wildman–Crippen MR) is 190 cm³/mol. The minimum Gasteiger partial charge on any atom is -0.465 e. The van der Waals surface area contributed by atoms with Crippen LogP contribution < -0.4 is 16.0 Å². The van der Waals surface area contributed by atoms with Crippen molar-refractivity contribution in [2.75, 3.05) is 64.6 Å². The van der Waals surface area contributed by atoms with Gasteiger partial charge in [0.05, 0.1) is 62.8 Å². The molecule has 2 aliphatic rings. The summed E-state index contributed by atoms with van der Waals surface area (Å²) in [5.41, 5.74) is 2.14. The first-order valence-electron chi connectivity index (χ1n) is 17.7. The molecule has 0 aromatic carbocycles. The van der Waals surface area contributed by atoms with Gasteiger partial charge in [0.1, 0.15) is 12.1 Å². The van der Waals surface area contributed by atoms with E-state index in [1.165, 1.54) is 17.7 Å². The van der Waals surface area contributed by atoms with E-state index in [2.05, 4.69) is 26.0 Å². The Kier molecular flexibility index (Phi) is 15.5. The first kappa shape index (κ1) is 40.0. The van der Waals surface area contributed by atoms with Gasteiger partial charge in [-0.2, -0.15) is 5.10 Å². The van der Waals surface area contributed by atoms with Crippen LogP contribution in [0.2, 0.25) is 5.02 Å². The Hall–Kier alpha value is -3.73. The molecule has 2 aromatic heterocycles. The topological polar surface area (TPSA) is 191 Å². The van der Waals surface area contributed by atoms with Crippen LogP contribution in [0.1, 0.15) is 65.0 Å². The quantitative estimate of drug-likeness (QED) is 0.144. The average Bonchev–Trinajstić information content (AvgIpc) is 3.83. The van der Waals surface area contributed by atoms with E-state index in [1.54, 1.807) is 33.2 Å². The molecule has 0 saturated heterocycles. The second kappa shape index (κ2) is 19.8. The molecule has 2 saturated carbocycles. The highest BCUT2D eigenvalue weighted by atomic mass is 35.5. The van der Waals surface area contributed by atoms with Gasteiger partial charge in [-0.05, 0) is 71.6 Å². The van der Waals surface area contributed by atoms with Gasteiger partial charge >= 0.3 is 12.2 Å². The molecule has 0 aliphatic heterocycles. The summed E-state index contributed by atoms with van der Waals surface area (Å²) in [5.74, 6) is 0.773. The van der Waals surface area contributed by atoms with Crippen LogP contribution in [0.3, 0.4) is 0 Å². The number of nitrogens with one attached hydrogen (secondary N) is 3. The van der Waals surface area contributed by atoms with Gasteiger partial charge in [-0.25, -0.2) is 19.6 Å². The lowest BCUT2D eigenvalue weighted by Gasteiger charge is -2.35. The Bertz CT molecular complexity index is 1430. The van der Waals surface area contributed by atoms with E-state index in [0.29, 0.717) is 87.8 Å². The SMILES string of the molecule is Cn1ncc(-c2nc(N[C@H]3CC[C@H](N(CC(=O)NCCOCCOCCOCCNC(=O)OC(C)(C)C)C(=O)O)CC3)ncc2Cl)c1CC1CC1. The Morgan fingerprint density at radius 2 is 1.57 bits per heavy atom. The van der Waals surface area contributed by atoms with E-state index >= 15 is 0 Å². The number of hydrogen-bond donors (Lipinski definition) is 4. The van der Waals surface area contributed by atoms with Crippen LogP contribution in [0.25, 0.3) is 11.3 Å². The van der Waals surface area contributed by atoms with Crippen LogP contribution >= 0.6 is 11.6 Å². The first-order valence-corrected chi connectivity index (χ1v) is 18.0. The Morgan fingerprint density at radius 1 is 0.941 bits per heavy atom. The van der Waals surface area contributed by atoms with Gasteiger partial charge in [-0.15, -0.1) is 0 Å². The summed E-state index contributed by atoms with van der Waals surface area (Å²) >= 11 is 6.53. The predicted octanol–water partition coefficient (Wildman–Crippen LogP) is 3.88. The molecule has 51 heavy (non-hydrogen) atoms. The van der Waals surface area contributed by atoms with Crippen molar-refractivity contribution in [3.8, 4) is 11.3 Å². The monoisotopic (exact) mass is 736 g/mol. The molecule has 0 unspecified atom stereocenters. The molecule has 2 aliphatic carbocycles. The third-order valence-electron chi connectivity index (χ3n) is 8.50. The lowest BCUT2D eigenvalue weighted by Crippen LogP contribution is -2.48. The number of amides is 3. The number of carboxylic acid groups (broad SMARTS) is 1. The third kappa shape index (κ3) is 14.1. The number of hydrogen-bond acceptors (Lipinski definition) is 11. The van der Waals surface area contributed by atoms with Gasteiger partial charge in [0.2, 0.25) is 11.9 Å². The summed E-state index contributed by atoms with van der Waals surface area (Å²) in [5, 5.41) is 23.5. The molecule has 0 atom stereocenters. The minimum absolute atomic E-state index is 0.0568. The van der Waals surface area contributed by atoms with Crippen molar-refractivity contribution < 1.29 is 38.4 Å². The zero-order valence-corrected chi connectivity index (χ0v) is 30.9. The van der Waals surface area contributed by atoms with Crippen molar-refractivity contribution in [2.45, 2.75) is 83.4 Å². The van der Waals surface area contributed by atoms with Gasteiger partial charge in [-0.1, -0.05) is 11.6 Å². The number of halogens is 1. The fourth-order valence-corrected chi connectivity index (χ4v) is 5.94. The van der Waals surface area contributed by atoms with Crippen LogP contribution in [-0.4, -0.2) is 125 Å². The molecule has 284 valence electrons. The highest BCUT2D eigenvalue weighted by molar-refractivity contribution is 6.33. The Balaban J connectivity index is 1.07. The summed E-state index contributed by atoms with van der Waals surface area (Å²) in [6.07, 6.45) is 7.80. The highest BCUT2D eigenvalue weighted by Gasteiger charge is 2.31. The summed E-state index contributed by atoms with van der Waals surface area (Å²) in [6, 6.07) is -0.215. The number of carbonyl (C=O) groups excluding carboxylic acids is 2. The van der Waals surface area contributed by atoms with E-state index in [0.717, 1.165) is 17.7 Å². The fourth-order valence-electron chi connectivity index (χ4n) is 5.75. The summed E-state index contributed by atoms with van der Waals surface area (Å²) < 4.78 is 23.4. The van der Waals surface area contributed by atoms with Crippen molar-refractivity contribution in [2.24, 2.45) is 13.0 Å². The molecule has 0 radical (unpaired) electrons. The lowest BCUT2D eigenvalue weighted by atomic mass is 9.90. The number of alkyl carbamates (subject to hydrolysis) is 1. The Labute approximate surface area is 304 Å². The minimum atomic E-state index is -1.12. The summed E-state index contributed by atoms with van der Waals surface area (Å²) in [4.78, 5) is 46.6. The molecule has 2 heterocycles. The molecular formula is C34H53ClN8O8. The number of ether oxygens (including phenoxy) is 4. The van der Waals surface area contributed by atoms with Crippen molar-refractivity contribution >= 4 is 35.6 Å². The maximum atomic E-state index is 12.6. The molecule has 3 amide bonds. The van der Waals surface area contributed by atoms with E-state index < -0.39 is 17.8 Å². The molecular weight excluding hydrogens is 684 g/mol. The molecule has 2 fully saturated rings. The van der Waals surface area contributed by atoms with Gasteiger partial charge in [0, 0.05) is 43.5 Å². The largest absolute Gasteiger partial charge is 0.465 e. The molecule has 16 nitrogen and oxygen atoms in total.